The zero-order valence-corrected chi connectivity index (χ0v) is 7.51. The number of hydrogen-bond donors (Lipinski definition) is 2. The molecule has 0 spiro atoms. The predicted octanol–water partition coefficient (Wildman–Crippen LogP) is 0.394. The van der Waals surface area contributed by atoms with E-state index < -0.39 is 11.9 Å². The molecule has 1 aromatic rings. The molecular formula is C10H12NNaO3. The molecule has 0 aliphatic rings. The van der Waals surface area contributed by atoms with Gasteiger partial charge in [0.05, 0.1) is 5.56 Å². The first-order chi connectivity index (χ1) is 6.57. The van der Waals surface area contributed by atoms with Gasteiger partial charge in [0.1, 0.15) is 0 Å². The molecule has 4 nitrogen and oxygen atoms in total. The van der Waals surface area contributed by atoms with E-state index in [0.29, 0.717) is 5.56 Å². The van der Waals surface area contributed by atoms with Crippen molar-refractivity contribution in [2.45, 2.75) is 0 Å². The first-order valence-electron chi connectivity index (χ1n) is 3.78. The number of amides is 1. The summed E-state index contributed by atoms with van der Waals surface area (Å²) in [5, 5.41) is 8.38. The van der Waals surface area contributed by atoms with Crippen LogP contribution in [-0.2, 0) is 4.79 Å². The summed E-state index contributed by atoms with van der Waals surface area (Å²) in [5.41, 5.74) is 4.87. The Labute approximate surface area is 110 Å². The number of nitrogens with two attached hydrogens (primary N) is 1. The Bertz CT molecular complexity index is 325. The Morgan fingerprint density at radius 3 is 1.87 bits per heavy atom. The third-order valence-electron chi connectivity index (χ3n) is 1.22. The zero-order chi connectivity index (χ0) is 11.0. The molecule has 0 fully saturated rings. The van der Waals surface area contributed by atoms with E-state index in [1.807, 2.05) is 0 Å². The Balaban J connectivity index is 0. The van der Waals surface area contributed by atoms with Crippen molar-refractivity contribution in [1.82, 2.24) is 0 Å². The fraction of sp³-hybridized carbons (Fsp3) is 0. The van der Waals surface area contributed by atoms with E-state index in [9.17, 15) is 9.59 Å². The number of carbonyl (C=O) groups excluding carboxylic acids is 1. The molecule has 0 saturated heterocycles. The zero-order valence-electron chi connectivity index (χ0n) is 7.51. The van der Waals surface area contributed by atoms with Gasteiger partial charge in [-0.25, -0.2) is 4.79 Å². The molecule has 5 heteroatoms. The van der Waals surface area contributed by atoms with Crippen LogP contribution in [0.25, 0.3) is 0 Å². The van der Waals surface area contributed by atoms with Crippen LogP contribution in [0.3, 0.4) is 0 Å². The Kier molecular flexibility index (Phi) is 10.3. The molecule has 76 valence electrons. The van der Waals surface area contributed by atoms with Crippen LogP contribution in [0, 0.1) is 0 Å². The van der Waals surface area contributed by atoms with Crippen molar-refractivity contribution in [2.75, 3.05) is 0 Å². The summed E-state index contributed by atoms with van der Waals surface area (Å²) in [6, 6.07) is 8.30. The maximum atomic E-state index is 10.2. The Morgan fingerprint density at radius 2 is 1.67 bits per heavy atom. The molecule has 15 heavy (non-hydrogen) atoms. The van der Waals surface area contributed by atoms with Crippen molar-refractivity contribution in [3.05, 3.63) is 48.6 Å². The van der Waals surface area contributed by atoms with E-state index >= 15 is 0 Å². The number of aromatic carboxylic acids is 1. The number of hydrogen-bond acceptors (Lipinski definition) is 2. The summed E-state index contributed by atoms with van der Waals surface area (Å²) in [5.74, 6) is -1.36. The molecule has 0 aliphatic carbocycles. The number of carbonyl (C=O) groups is 2. The van der Waals surface area contributed by atoms with E-state index in [2.05, 4.69) is 12.3 Å². The predicted molar refractivity (Wildman–Crippen MR) is 59.9 cm³/mol. The summed E-state index contributed by atoms with van der Waals surface area (Å²) in [7, 11) is 0. The summed E-state index contributed by atoms with van der Waals surface area (Å²) in [6.07, 6.45) is 1.06. The molecule has 0 aliphatic heterocycles. The van der Waals surface area contributed by atoms with Gasteiger partial charge in [-0.05, 0) is 18.2 Å². The van der Waals surface area contributed by atoms with Crippen LogP contribution in [0.1, 0.15) is 10.4 Å². The molecule has 0 aromatic heterocycles. The normalized spacial score (nSPS) is 7.47. The number of primary amides is 1. The van der Waals surface area contributed by atoms with E-state index in [-0.39, 0.29) is 29.6 Å². The van der Waals surface area contributed by atoms with Crippen LogP contribution in [0.15, 0.2) is 43.0 Å². The van der Waals surface area contributed by atoms with Crippen molar-refractivity contribution in [3.8, 4) is 0 Å². The Morgan fingerprint density at radius 1 is 1.27 bits per heavy atom. The summed E-state index contributed by atoms with van der Waals surface area (Å²) >= 11 is 0. The molecule has 1 rings (SSSR count). The van der Waals surface area contributed by atoms with Crippen molar-refractivity contribution < 1.29 is 14.7 Å². The second-order valence-electron chi connectivity index (χ2n) is 2.28. The molecule has 0 bridgehead atoms. The number of carboxylic acid groups (broad SMARTS) is 1. The van der Waals surface area contributed by atoms with Crippen LogP contribution in [0.2, 0.25) is 0 Å². The van der Waals surface area contributed by atoms with Gasteiger partial charge >= 0.3 is 35.5 Å². The molecule has 0 radical (unpaired) electrons. The fourth-order valence-electron chi connectivity index (χ4n) is 0.581. The molecule has 0 unspecified atom stereocenters. The number of benzene rings is 1. The minimum absolute atomic E-state index is 0. The van der Waals surface area contributed by atoms with Gasteiger partial charge in [0, 0.05) is 0 Å². The van der Waals surface area contributed by atoms with Crippen LogP contribution in [0.5, 0.6) is 0 Å². The summed E-state index contributed by atoms with van der Waals surface area (Å²) < 4.78 is 0. The van der Waals surface area contributed by atoms with E-state index in [0.717, 1.165) is 6.08 Å². The number of carboxylic acids is 1. The van der Waals surface area contributed by atoms with Gasteiger partial charge in [0.25, 0.3) is 0 Å². The maximum absolute atomic E-state index is 10.2. The van der Waals surface area contributed by atoms with Gasteiger partial charge < -0.3 is 10.8 Å². The van der Waals surface area contributed by atoms with Gasteiger partial charge in [-0.3, -0.25) is 4.79 Å². The van der Waals surface area contributed by atoms with Crippen molar-refractivity contribution in [3.63, 3.8) is 0 Å². The van der Waals surface area contributed by atoms with E-state index in [1.54, 1.807) is 30.3 Å². The first kappa shape index (κ1) is 16.3. The van der Waals surface area contributed by atoms with Crippen molar-refractivity contribution in [2.24, 2.45) is 5.73 Å². The van der Waals surface area contributed by atoms with Gasteiger partial charge in [0.15, 0.2) is 0 Å². The van der Waals surface area contributed by atoms with Crippen molar-refractivity contribution in [1.29, 1.82) is 0 Å². The molecule has 1 aromatic carbocycles. The second-order valence-corrected chi connectivity index (χ2v) is 2.28. The summed E-state index contributed by atoms with van der Waals surface area (Å²) in [6.45, 7) is 3.09. The second kappa shape index (κ2) is 9.45. The molecule has 3 N–H and O–H groups in total. The molecule has 0 saturated carbocycles. The molecule has 0 heterocycles. The monoisotopic (exact) mass is 217 g/mol. The van der Waals surface area contributed by atoms with E-state index in [1.165, 1.54) is 0 Å². The van der Waals surface area contributed by atoms with Gasteiger partial charge in [-0.1, -0.05) is 24.8 Å². The molecule has 0 atom stereocenters. The average Bonchev–Trinajstić information content (AvgIpc) is 2.20. The third kappa shape index (κ3) is 9.21. The number of rotatable bonds is 2. The van der Waals surface area contributed by atoms with Crippen LogP contribution in [0.4, 0.5) is 0 Å². The quantitative estimate of drug-likeness (QED) is 0.555. The molecular weight excluding hydrogens is 205 g/mol. The summed E-state index contributed by atoms with van der Waals surface area (Å²) in [4.78, 5) is 19.7. The van der Waals surface area contributed by atoms with Gasteiger partial charge in [0.2, 0.25) is 5.91 Å². The Hall–Kier alpha value is -1.10. The topological polar surface area (TPSA) is 80.4 Å². The van der Waals surface area contributed by atoms with Crippen LogP contribution in [-0.4, -0.2) is 46.5 Å². The SMILES string of the molecule is C=CC(N)=O.O=C(O)c1ccccc1.[NaH]. The fourth-order valence-corrected chi connectivity index (χ4v) is 0.581. The van der Waals surface area contributed by atoms with Crippen LogP contribution < -0.4 is 5.73 Å². The average molecular weight is 217 g/mol. The van der Waals surface area contributed by atoms with Crippen LogP contribution >= 0.6 is 0 Å². The van der Waals surface area contributed by atoms with E-state index in [4.69, 9.17) is 5.11 Å². The standard InChI is InChI=1S/C7H6O2.C3H5NO.Na.H/c8-7(9)6-4-2-1-3-5-6;1-2-3(4)5;;/h1-5H,(H,8,9);2H,1H2,(H2,4,5);;. The third-order valence-corrected chi connectivity index (χ3v) is 1.22. The first-order valence-corrected chi connectivity index (χ1v) is 3.78. The van der Waals surface area contributed by atoms with Crippen molar-refractivity contribution >= 4 is 41.4 Å². The minimum atomic E-state index is -0.879. The molecule has 1 amide bonds. The van der Waals surface area contributed by atoms with Gasteiger partial charge in [-0.15, -0.1) is 0 Å². The van der Waals surface area contributed by atoms with Gasteiger partial charge in [-0.2, -0.15) is 0 Å².